The highest BCUT2D eigenvalue weighted by Crippen LogP contribution is 2.62. The van der Waals surface area contributed by atoms with Crippen LogP contribution in [-0.4, -0.2) is 58.3 Å². The van der Waals surface area contributed by atoms with Gasteiger partial charge in [-0.2, -0.15) is 0 Å². The van der Waals surface area contributed by atoms with Crippen LogP contribution >= 0.6 is 11.6 Å². The van der Waals surface area contributed by atoms with Gasteiger partial charge in [0.1, 0.15) is 11.5 Å². The van der Waals surface area contributed by atoms with Crippen molar-refractivity contribution in [2.45, 2.75) is 44.2 Å². The van der Waals surface area contributed by atoms with Crippen LogP contribution in [0.15, 0.2) is 54.7 Å². The van der Waals surface area contributed by atoms with E-state index in [-0.39, 0.29) is 12.1 Å². The maximum atomic E-state index is 12.2. The van der Waals surface area contributed by atoms with Crippen LogP contribution in [0.5, 0.6) is 11.5 Å². The van der Waals surface area contributed by atoms with E-state index < -0.39 is 5.79 Å². The third kappa shape index (κ3) is 4.25. The first-order valence-electron chi connectivity index (χ1n) is 14.4. The Morgan fingerprint density at radius 2 is 1.98 bits per heavy atom. The average Bonchev–Trinajstić information content (AvgIpc) is 3.25. The molecule has 0 spiro atoms. The Kier molecular flexibility index (Phi) is 6.00. The highest BCUT2D eigenvalue weighted by molar-refractivity contribution is 6.30. The highest BCUT2D eigenvalue weighted by Gasteiger charge is 2.58. The normalized spacial score (nSPS) is 27.6. The number of aromatic nitrogens is 3. The number of fused-ring (bicyclic) bond motifs is 3. The summed E-state index contributed by atoms with van der Waals surface area (Å²) in [6, 6.07) is 15.4. The topological polar surface area (TPSA) is 87.9 Å². The lowest BCUT2D eigenvalue weighted by Crippen LogP contribution is -2.33. The van der Waals surface area contributed by atoms with Crippen LogP contribution in [0, 0.1) is 11.8 Å². The molecule has 2 aromatic heterocycles. The van der Waals surface area contributed by atoms with Crippen molar-refractivity contribution in [3.63, 3.8) is 0 Å². The molecule has 0 radical (unpaired) electrons. The van der Waals surface area contributed by atoms with Gasteiger partial charge in [-0.25, -0.2) is 9.78 Å². The van der Waals surface area contributed by atoms with E-state index in [1.165, 1.54) is 12.7 Å². The van der Waals surface area contributed by atoms with Gasteiger partial charge in [0.25, 0.3) is 5.79 Å². The largest absolute Gasteiger partial charge is 0.465 e. The second kappa shape index (κ2) is 9.69. The summed E-state index contributed by atoms with van der Waals surface area (Å²) in [6.45, 7) is 6.16. The number of para-hydroxylation sites is 1. The van der Waals surface area contributed by atoms with Crippen LogP contribution in [0.1, 0.15) is 46.7 Å². The lowest BCUT2D eigenvalue weighted by atomic mass is 10.0. The first-order valence-corrected chi connectivity index (χ1v) is 14.8. The number of piperidine rings is 1. The van der Waals surface area contributed by atoms with Crippen molar-refractivity contribution in [1.29, 1.82) is 0 Å². The van der Waals surface area contributed by atoms with Gasteiger partial charge in [-0.05, 0) is 60.6 Å². The molecule has 1 saturated carbocycles. The quantitative estimate of drug-likeness (QED) is 0.275. The molecular formula is C32H31ClN4O5. The molecule has 3 fully saturated rings. The molecule has 0 amide bonds. The number of carbonyl (C=O) groups is 1. The predicted molar refractivity (Wildman–Crippen MR) is 155 cm³/mol. The highest BCUT2D eigenvalue weighted by atomic mass is 35.5. The van der Waals surface area contributed by atoms with Gasteiger partial charge in [-0.1, -0.05) is 23.7 Å². The minimum Gasteiger partial charge on any atom is -0.465 e. The Labute approximate surface area is 248 Å². The molecule has 4 atom stereocenters. The van der Waals surface area contributed by atoms with E-state index in [0.29, 0.717) is 34.0 Å². The number of likely N-dealkylation sites (tertiary alicyclic amines) is 1. The summed E-state index contributed by atoms with van der Waals surface area (Å²) < 4.78 is 25.7. The summed E-state index contributed by atoms with van der Waals surface area (Å²) in [5.74, 6) is 2.80. The molecule has 3 unspecified atom stereocenters. The number of hydrogen-bond acceptors (Lipinski definition) is 8. The van der Waals surface area contributed by atoms with Gasteiger partial charge in [-0.3, -0.25) is 9.88 Å². The van der Waals surface area contributed by atoms with E-state index in [9.17, 15) is 4.79 Å². The summed E-state index contributed by atoms with van der Waals surface area (Å²) in [5, 5.41) is 0.576. The lowest BCUT2D eigenvalue weighted by molar-refractivity contribution is -0.0721. The standard InChI is InChI=1S/C32H31ClN4O5/c1-32(27-9-7-19(33)13-34-27)41-26-5-3-4-21(30(26)42-32)29-22-15-36(16-23(22)29)17-28-35-24-8-6-18(31(38)39-2)12-25(24)37(28)14-20-10-11-40-20/h3-9,12-13,20,22-23,29H,10-11,14-17H2,1-2H3/t20-,22?,23?,29?,32?/m0/s1. The van der Waals surface area contributed by atoms with Crippen molar-refractivity contribution in [2.75, 3.05) is 26.8 Å². The number of benzene rings is 2. The molecule has 4 aliphatic rings. The third-order valence-electron chi connectivity index (χ3n) is 9.23. The predicted octanol–water partition coefficient (Wildman–Crippen LogP) is 5.15. The molecule has 2 aromatic carbocycles. The zero-order chi connectivity index (χ0) is 28.6. The van der Waals surface area contributed by atoms with E-state index >= 15 is 0 Å². The van der Waals surface area contributed by atoms with Crippen LogP contribution < -0.4 is 9.47 Å². The number of rotatable bonds is 7. The Hall–Kier alpha value is -3.66. The maximum absolute atomic E-state index is 12.2. The van der Waals surface area contributed by atoms with Gasteiger partial charge in [0.2, 0.25) is 0 Å². The maximum Gasteiger partial charge on any atom is 0.337 e. The number of imidazole rings is 1. The van der Waals surface area contributed by atoms with Gasteiger partial charge >= 0.3 is 5.97 Å². The number of pyridine rings is 1. The molecule has 0 N–H and O–H groups in total. The minimum atomic E-state index is -0.990. The van der Waals surface area contributed by atoms with Crippen molar-refractivity contribution < 1.29 is 23.7 Å². The number of nitrogens with zero attached hydrogens (tertiary/aromatic N) is 4. The van der Waals surface area contributed by atoms with Gasteiger partial charge < -0.3 is 23.5 Å². The van der Waals surface area contributed by atoms with E-state index in [0.717, 1.165) is 67.6 Å². The molecule has 0 bridgehead atoms. The van der Waals surface area contributed by atoms with Crippen LogP contribution in [-0.2, 0) is 28.4 Å². The Morgan fingerprint density at radius 3 is 2.69 bits per heavy atom. The molecule has 9 nitrogen and oxygen atoms in total. The summed E-state index contributed by atoms with van der Waals surface area (Å²) in [4.78, 5) is 24.2. The van der Waals surface area contributed by atoms with Crippen LogP contribution in [0.25, 0.3) is 11.0 Å². The molecule has 1 aliphatic carbocycles. The van der Waals surface area contributed by atoms with Crippen molar-refractivity contribution in [1.82, 2.24) is 19.4 Å². The van der Waals surface area contributed by atoms with E-state index in [4.69, 9.17) is 35.5 Å². The molecule has 2 saturated heterocycles. The molecule has 10 heteroatoms. The average molecular weight is 587 g/mol. The van der Waals surface area contributed by atoms with Gasteiger partial charge in [-0.15, -0.1) is 0 Å². The van der Waals surface area contributed by atoms with Gasteiger partial charge in [0.15, 0.2) is 11.5 Å². The summed E-state index contributed by atoms with van der Waals surface area (Å²) >= 11 is 6.05. The van der Waals surface area contributed by atoms with Gasteiger partial charge in [0.05, 0.1) is 47.9 Å². The molecular weight excluding hydrogens is 556 g/mol. The Balaban J connectivity index is 1.000. The Morgan fingerprint density at radius 1 is 1.14 bits per heavy atom. The SMILES string of the molecule is COC(=O)c1ccc2nc(CN3CC4C(C3)C4c3cccc4c3OC(C)(c3ccc(Cl)cn3)O4)n(C[C@@H]3CCO3)c2c1. The molecule has 3 aliphatic heterocycles. The van der Waals surface area contributed by atoms with Crippen molar-refractivity contribution in [3.05, 3.63) is 82.4 Å². The first kappa shape index (κ1) is 26.0. The summed E-state index contributed by atoms with van der Waals surface area (Å²) in [6.07, 6.45) is 2.82. The number of ether oxygens (including phenoxy) is 4. The van der Waals surface area contributed by atoms with Crippen molar-refractivity contribution >= 4 is 28.6 Å². The molecule has 42 heavy (non-hydrogen) atoms. The van der Waals surface area contributed by atoms with Crippen LogP contribution in [0.4, 0.5) is 0 Å². The fraction of sp³-hybridized carbons (Fsp3) is 0.406. The van der Waals surface area contributed by atoms with E-state index in [2.05, 4.69) is 26.6 Å². The zero-order valence-electron chi connectivity index (χ0n) is 23.5. The van der Waals surface area contributed by atoms with E-state index in [1.54, 1.807) is 18.3 Å². The van der Waals surface area contributed by atoms with Crippen LogP contribution in [0.2, 0.25) is 5.02 Å². The minimum absolute atomic E-state index is 0.176. The number of esters is 1. The molecule has 8 rings (SSSR count). The second-order valence-corrected chi connectivity index (χ2v) is 12.3. The van der Waals surface area contributed by atoms with Crippen molar-refractivity contribution in [3.8, 4) is 11.5 Å². The van der Waals surface area contributed by atoms with Crippen LogP contribution in [0.3, 0.4) is 0 Å². The number of carbonyl (C=O) groups excluding carboxylic acids is 1. The molecule has 216 valence electrons. The molecule has 5 heterocycles. The second-order valence-electron chi connectivity index (χ2n) is 11.8. The number of hydrogen-bond donors (Lipinski definition) is 0. The third-order valence-corrected chi connectivity index (χ3v) is 9.45. The molecule has 4 aromatic rings. The number of methoxy groups -OCH3 is 1. The zero-order valence-corrected chi connectivity index (χ0v) is 24.2. The van der Waals surface area contributed by atoms with E-state index in [1.807, 2.05) is 31.2 Å². The van der Waals surface area contributed by atoms with Gasteiger partial charge in [0, 0.05) is 38.4 Å². The van der Waals surface area contributed by atoms with Crippen molar-refractivity contribution in [2.24, 2.45) is 11.8 Å². The lowest BCUT2D eigenvalue weighted by Gasteiger charge is -2.28. The Bertz CT molecular complexity index is 1690. The smallest absolute Gasteiger partial charge is 0.337 e. The summed E-state index contributed by atoms with van der Waals surface area (Å²) in [7, 11) is 1.40. The monoisotopic (exact) mass is 586 g/mol. The number of halogens is 1. The fourth-order valence-electron chi connectivity index (χ4n) is 6.94. The fourth-order valence-corrected chi connectivity index (χ4v) is 7.05. The summed E-state index contributed by atoms with van der Waals surface area (Å²) in [5.41, 5.74) is 4.26. The first-order chi connectivity index (χ1) is 20.4.